The van der Waals surface area contributed by atoms with Crippen LogP contribution in [-0.2, 0) is 0 Å². The lowest BCUT2D eigenvalue weighted by atomic mass is 10.3. The summed E-state index contributed by atoms with van der Waals surface area (Å²) in [6.07, 6.45) is 3.05. The topological polar surface area (TPSA) is 47.0 Å². The Labute approximate surface area is 81.5 Å². The van der Waals surface area contributed by atoms with Crippen LogP contribution in [0.4, 0.5) is 5.69 Å². The van der Waals surface area contributed by atoms with Crippen molar-refractivity contribution in [3.8, 4) is 5.88 Å². The molecule has 0 saturated carbocycles. The number of hydrogen-bond donors (Lipinski definition) is 1. The van der Waals surface area contributed by atoms with Gasteiger partial charge in [0.05, 0.1) is 5.69 Å². The summed E-state index contributed by atoms with van der Waals surface area (Å²) in [6, 6.07) is 11.3. The van der Waals surface area contributed by atoms with Crippen molar-refractivity contribution in [2.75, 3.05) is 5.48 Å². The Kier molecular flexibility index (Phi) is 2.56. The molecular formula is C10H9N3O. The Morgan fingerprint density at radius 1 is 1.07 bits per heavy atom. The van der Waals surface area contributed by atoms with Crippen LogP contribution in [0.15, 0.2) is 48.9 Å². The summed E-state index contributed by atoms with van der Waals surface area (Å²) >= 11 is 0. The fourth-order valence-corrected chi connectivity index (χ4v) is 0.956. The minimum atomic E-state index is 0.490. The van der Waals surface area contributed by atoms with E-state index in [9.17, 15) is 0 Å². The van der Waals surface area contributed by atoms with Crippen molar-refractivity contribution in [3.05, 3.63) is 48.9 Å². The van der Waals surface area contributed by atoms with Crippen molar-refractivity contribution in [3.63, 3.8) is 0 Å². The maximum atomic E-state index is 5.19. The second-order valence-electron chi connectivity index (χ2n) is 2.62. The summed E-state index contributed by atoms with van der Waals surface area (Å²) in [5, 5.41) is 0. The molecule has 0 fully saturated rings. The van der Waals surface area contributed by atoms with E-state index in [1.165, 1.54) is 6.33 Å². The molecule has 2 rings (SSSR count). The number of benzene rings is 1. The van der Waals surface area contributed by atoms with Crippen LogP contribution in [0.5, 0.6) is 5.88 Å². The Hall–Kier alpha value is -2.10. The average Bonchev–Trinajstić information content (AvgIpc) is 2.29. The zero-order valence-electron chi connectivity index (χ0n) is 7.42. The SMILES string of the molecule is c1ccc(NOc2ccncn2)cc1. The van der Waals surface area contributed by atoms with Crippen LogP contribution in [0.1, 0.15) is 0 Å². The molecule has 0 aliphatic carbocycles. The van der Waals surface area contributed by atoms with E-state index < -0.39 is 0 Å². The Morgan fingerprint density at radius 3 is 2.64 bits per heavy atom. The van der Waals surface area contributed by atoms with Crippen molar-refractivity contribution < 1.29 is 4.84 Å². The predicted molar refractivity (Wildman–Crippen MR) is 52.7 cm³/mol. The van der Waals surface area contributed by atoms with E-state index in [4.69, 9.17) is 4.84 Å². The number of aromatic nitrogens is 2. The van der Waals surface area contributed by atoms with Gasteiger partial charge in [-0.3, -0.25) is 0 Å². The van der Waals surface area contributed by atoms with E-state index in [2.05, 4.69) is 15.4 Å². The lowest BCUT2D eigenvalue weighted by Gasteiger charge is -2.05. The van der Waals surface area contributed by atoms with Gasteiger partial charge in [-0.15, -0.1) is 0 Å². The molecule has 0 amide bonds. The zero-order valence-corrected chi connectivity index (χ0v) is 7.42. The molecule has 0 aliphatic rings. The second-order valence-corrected chi connectivity index (χ2v) is 2.62. The summed E-state index contributed by atoms with van der Waals surface area (Å²) in [5.41, 5.74) is 3.65. The van der Waals surface area contributed by atoms with Gasteiger partial charge in [0, 0.05) is 12.3 Å². The molecule has 0 unspecified atom stereocenters. The van der Waals surface area contributed by atoms with Gasteiger partial charge in [-0.05, 0) is 12.1 Å². The first-order chi connectivity index (χ1) is 6.95. The van der Waals surface area contributed by atoms with Gasteiger partial charge in [0.1, 0.15) is 6.33 Å². The quantitative estimate of drug-likeness (QED) is 0.745. The minimum Gasteiger partial charge on any atom is -0.362 e. The molecule has 0 radical (unpaired) electrons. The third-order valence-corrected chi connectivity index (χ3v) is 1.60. The van der Waals surface area contributed by atoms with E-state index in [0.29, 0.717) is 5.88 Å². The van der Waals surface area contributed by atoms with Crippen LogP contribution in [0, 0.1) is 0 Å². The maximum Gasteiger partial charge on any atom is 0.248 e. The molecule has 1 aromatic heterocycles. The highest BCUT2D eigenvalue weighted by atomic mass is 16.7. The molecule has 1 heterocycles. The second kappa shape index (κ2) is 4.23. The molecule has 4 heteroatoms. The van der Waals surface area contributed by atoms with Crippen LogP contribution < -0.4 is 10.3 Å². The number of hydrogen-bond acceptors (Lipinski definition) is 4. The Balaban J connectivity index is 1.96. The van der Waals surface area contributed by atoms with Gasteiger partial charge >= 0.3 is 0 Å². The highest BCUT2D eigenvalue weighted by molar-refractivity contribution is 5.40. The average molecular weight is 187 g/mol. The summed E-state index contributed by atoms with van der Waals surface area (Å²) in [7, 11) is 0. The largest absolute Gasteiger partial charge is 0.362 e. The van der Waals surface area contributed by atoms with Crippen molar-refractivity contribution in [1.29, 1.82) is 0 Å². The molecule has 0 aliphatic heterocycles. The Morgan fingerprint density at radius 2 is 1.93 bits per heavy atom. The third kappa shape index (κ3) is 2.20. The highest BCUT2D eigenvalue weighted by Crippen LogP contribution is 2.07. The molecule has 1 N–H and O–H groups in total. The highest BCUT2D eigenvalue weighted by Gasteiger charge is 1.93. The van der Waals surface area contributed by atoms with Crippen molar-refractivity contribution in [2.45, 2.75) is 0 Å². The van der Waals surface area contributed by atoms with Gasteiger partial charge < -0.3 is 4.84 Å². The lowest BCUT2D eigenvalue weighted by Crippen LogP contribution is -2.05. The van der Waals surface area contributed by atoms with Crippen molar-refractivity contribution in [1.82, 2.24) is 9.97 Å². The van der Waals surface area contributed by atoms with Crippen LogP contribution >= 0.6 is 0 Å². The van der Waals surface area contributed by atoms with E-state index in [0.717, 1.165) is 5.69 Å². The number of para-hydroxylation sites is 1. The van der Waals surface area contributed by atoms with E-state index in [-0.39, 0.29) is 0 Å². The van der Waals surface area contributed by atoms with E-state index in [1.54, 1.807) is 12.3 Å². The zero-order chi connectivity index (χ0) is 9.64. The van der Waals surface area contributed by atoms with Crippen molar-refractivity contribution >= 4 is 5.69 Å². The van der Waals surface area contributed by atoms with Gasteiger partial charge in [0.15, 0.2) is 0 Å². The normalized spacial score (nSPS) is 9.43. The van der Waals surface area contributed by atoms with Gasteiger partial charge in [-0.2, -0.15) is 4.98 Å². The summed E-state index contributed by atoms with van der Waals surface area (Å²) in [4.78, 5) is 12.9. The molecule has 70 valence electrons. The smallest absolute Gasteiger partial charge is 0.248 e. The van der Waals surface area contributed by atoms with E-state index in [1.807, 2.05) is 30.3 Å². The number of rotatable bonds is 3. The van der Waals surface area contributed by atoms with Crippen LogP contribution in [0.2, 0.25) is 0 Å². The van der Waals surface area contributed by atoms with Crippen molar-refractivity contribution in [2.24, 2.45) is 0 Å². The first kappa shape index (κ1) is 8.50. The van der Waals surface area contributed by atoms with E-state index >= 15 is 0 Å². The standard InChI is InChI=1S/C10H9N3O/c1-2-4-9(5-3-1)13-14-10-6-7-11-8-12-10/h1-8,13H. The molecule has 0 bridgehead atoms. The van der Waals surface area contributed by atoms with Gasteiger partial charge in [-0.1, -0.05) is 18.2 Å². The molecule has 0 atom stereocenters. The molecule has 14 heavy (non-hydrogen) atoms. The fourth-order valence-electron chi connectivity index (χ4n) is 0.956. The lowest BCUT2D eigenvalue weighted by molar-refractivity contribution is 0.388. The maximum absolute atomic E-state index is 5.19. The van der Waals surface area contributed by atoms with Gasteiger partial charge in [0.25, 0.3) is 0 Å². The predicted octanol–water partition coefficient (Wildman–Crippen LogP) is 1.88. The molecular weight excluding hydrogens is 178 g/mol. The molecule has 0 saturated heterocycles. The number of nitrogens with one attached hydrogen (secondary N) is 1. The Bertz CT molecular complexity index is 338. The minimum absolute atomic E-state index is 0.490. The molecule has 1 aromatic carbocycles. The molecule has 0 spiro atoms. The number of nitrogens with zero attached hydrogens (tertiary/aromatic N) is 2. The van der Waals surface area contributed by atoms with Crippen LogP contribution in [-0.4, -0.2) is 9.97 Å². The van der Waals surface area contributed by atoms with Gasteiger partial charge in [-0.25, -0.2) is 10.5 Å². The van der Waals surface area contributed by atoms with Crippen LogP contribution in [0.3, 0.4) is 0 Å². The summed E-state index contributed by atoms with van der Waals surface area (Å²) in [5.74, 6) is 0.490. The van der Waals surface area contributed by atoms with Gasteiger partial charge in [0.2, 0.25) is 5.88 Å². The first-order valence-corrected chi connectivity index (χ1v) is 4.19. The summed E-state index contributed by atoms with van der Waals surface area (Å²) < 4.78 is 0. The molecule has 2 aromatic rings. The monoisotopic (exact) mass is 187 g/mol. The molecule has 4 nitrogen and oxygen atoms in total. The third-order valence-electron chi connectivity index (χ3n) is 1.60. The number of anilines is 1. The van der Waals surface area contributed by atoms with Crippen LogP contribution in [0.25, 0.3) is 0 Å². The first-order valence-electron chi connectivity index (χ1n) is 4.19. The summed E-state index contributed by atoms with van der Waals surface area (Å²) in [6.45, 7) is 0. The fraction of sp³-hybridized carbons (Fsp3) is 0.